The highest BCUT2D eigenvalue weighted by atomic mass is 19.3. The number of halogens is 2. The predicted molar refractivity (Wildman–Crippen MR) is 121 cm³/mol. The standard InChI is InChI=1S/C25H23F2NO6/c1-3-33-19(30)12-14-8-10-15(11-9-14)28-18(13-29)20-21(24(28)31)23(34-25(26)27)17-7-5-4-6-16(17)22(20)32-2/h4-11,18,25,29H,3,12-13H2,1-2H3. The van der Waals surface area contributed by atoms with E-state index in [-0.39, 0.29) is 35.9 Å². The summed E-state index contributed by atoms with van der Waals surface area (Å²) < 4.78 is 42.1. The summed E-state index contributed by atoms with van der Waals surface area (Å²) in [6.45, 7) is -1.64. The molecule has 1 unspecified atom stereocenters. The van der Waals surface area contributed by atoms with Gasteiger partial charge >= 0.3 is 12.6 Å². The van der Waals surface area contributed by atoms with Gasteiger partial charge in [0, 0.05) is 22.0 Å². The zero-order valence-electron chi connectivity index (χ0n) is 18.6. The number of carbonyl (C=O) groups is 2. The van der Waals surface area contributed by atoms with E-state index in [1.807, 2.05) is 0 Å². The maximum Gasteiger partial charge on any atom is 0.387 e. The Labute approximate surface area is 194 Å². The summed E-state index contributed by atoms with van der Waals surface area (Å²) in [4.78, 5) is 26.7. The lowest BCUT2D eigenvalue weighted by atomic mass is 9.96. The first-order valence-electron chi connectivity index (χ1n) is 10.7. The molecule has 1 N–H and O–H groups in total. The number of hydrogen-bond acceptors (Lipinski definition) is 6. The Hall–Kier alpha value is -3.72. The Morgan fingerprint density at radius 1 is 1.09 bits per heavy atom. The average Bonchev–Trinajstić information content (AvgIpc) is 3.11. The summed E-state index contributed by atoms with van der Waals surface area (Å²) in [5, 5.41) is 11.0. The molecule has 0 spiro atoms. The fourth-order valence-electron chi connectivity index (χ4n) is 4.37. The van der Waals surface area contributed by atoms with Crippen LogP contribution >= 0.6 is 0 Å². The topological polar surface area (TPSA) is 85.3 Å². The van der Waals surface area contributed by atoms with Gasteiger partial charge in [0.2, 0.25) is 0 Å². The molecule has 1 heterocycles. The Bertz CT molecular complexity index is 1230. The number of aliphatic hydroxyl groups is 1. The number of ether oxygens (including phenoxy) is 3. The Morgan fingerprint density at radius 3 is 2.29 bits per heavy atom. The molecule has 7 nitrogen and oxygen atoms in total. The molecule has 1 aliphatic rings. The molecule has 3 aromatic rings. The summed E-state index contributed by atoms with van der Waals surface area (Å²) >= 11 is 0. The van der Waals surface area contributed by atoms with Crippen LogP contribution in [0.15, 0.2) is 48.5 Å². The van der Waals surface area contributed by atoms with Crippen LogP contribution < -0.4 is 14.4 Å². The quantitative estimate of drug-likeness (QED) is 0.495. The van der Waals surface area contributed by atoms with Crippen molar-refractivity contribution in [3.63, 3.8) is 0 Å². The van der Waals surface area contributed by atoms with Gasteiger partial charge in [-0.05, 0) is 24.6 Å². The third-order valence-corrected chi connectivity index (χ3v) is 5.69. The molecule has 4 rings (SSSR count). The molecule has 0 aromatic heterocycles. The maximum atomic E-state index is 13.6. The molecular weight excluding hydrogens is 448 g/mol. The van der Waals surface area contributed by atoms with Crippen LogP contribution in [0.5, 0.6) is 11.5 Å². The van der Waals surface area contributed by atoms with Gasteiger partial charge in [-0.3, -0.25) is 14.5 Å². The monoisotopic (exact) mass is 471 g/mol. The number of hydrogen-bond donors (Lipinski definition) is 1. The van der Waals surface area contributed by atoms with E-state index in [0.717, 1.165) is 0 Å². The zero-order valence-corrected chi connectivity index (χ0v) is 18.6. The van der Waals surface area contributed by atoms with E-state index >= 15 is 0 Å². The van der Waals surface area contributed by atoms with Gasteiger partial charge in [-0.2, -0.15) is 8.78 Å². The van der Waals surface area contributed by atoms with Crippen molar-refractivity contribution in [2.45, 2.75) is 26.0 Å². The smallest absolute Gasteiger partial charge is 0.387 e. The molecule has 0 saturated heterocycles. The van der Waals surface area contributed by atoms with Gasteiger partial charge in [-0.15, -0.1) is 0 Å². The van der Waals surface area contributed by atoms with Crippen LogP contribution in [0.4, 0.5) is 14.5 Å². The van der Waals surface area contributed by atoms with Crippen LogP contribution in [-0.4, -0.2) is 43.9 Å². The molecule has 0 radical (unpaired) electrons. The third-order valence-electron chi connectivity index (χ3n) is 5.69. The minimum atomic E-state index is -3.16. The number of benzene rings is 3. The number of nitrogens with zero attached hydrogens (tertiary/aromatic N) is 1. The lowest BCUT2D eigenvalue weighted by molar-refractivity contribution is -0.142. The first-order valence-corrected chi connectivity index (χ1v) is 10.7. The van der Waals surface area contributed by atoms with E-state index in [1.165, 1.54) is 12.0 Å². The van der Waals surface area contributed by atoms with Gasteiger partial charge in [0.25, 0.3) is 5.91 Å². The number of esters is 1. The molecule has 1 amide bonds. The summed E-state index contributed by atoms with van der Waals surface area (Å²) in [7, 11) is 1.42. The van der Waals surface area contributed by atoms with Crippen LogP contribution in [0.1, 0.15) is 34.5 Å². The maximum absolute atomic E-state index is 13.6. The minimum Gasteiger partial charge on any atom is -0.496 e. The van der Waals surface area contributed by atoms with Crippen LogP contribution in [0.25, 0.3) is 10.8 Å². The van der Waals surface area contributed by atoms with Gasteiger partial charge in [0.15, 0.2) is 0 Å². The Kier molecular flexibility index (Phi) is 6.65. The molecule has 3 aromatic carbocycles. The number of aliphatic hydroxyl groups excluding tert-OH is 1. The van der Waals surface area contributed by atoms with Crippen LogP contribution in [-0.2, 0) is 16.0 Å². The van der Waals surface area contributed by atoms with Crippen molar-refractivity contribution in [1.29, 1.82) is 0 Å². The summed E-state index contributed by atoms with van der Waals surface area (Å²) in [5.74, 6) is -0.933. The molecule has 178 valence electrons. The predicted octanol–water partition coefficient (Wildman–Crippen LogP) is 4.25. The van der Waals surface area contributed by atoms with Crippen LogP contribution in [0.2, 0.25) is 0 Å². The largest absolute Gasteiger partial charge is 0.496 e. The van der Waals surface area contributed by atoms with Gasteiger partial charge in [-0.1, -0.05) is 36.4 Å². The molecule has 0 saturated carbocycles. The van der Waals surface area contributed by atoms with Crippen molar-refractivity contribution in [2.24, 2.45) is 0 Å². The normalized spacial score (nSPS) is 15.1. The van der Waals surface area contributed by atoms with E-state index in [9.17, 15) is 23.5 Å². The van der Waals surface area contributed by atoms with Gasteiger partial charge in [-0.25, -0.2) is 0 Å². The molecular formula is C25H23F2NO6. The first kappa shape index (κ1) is 23.4. The molecule has 0 aliphatic carbocycles. The van der Waals surface area contributed by atoms with Crippen molar-refractivity contribution < 1.29 is 37.7 Å². The second kappa shape index (κ2) is 9.64. The van der Waals surface area contributed by atoms with Crippen molar-refractivity contribution in [3.05, 3.63) is 65.2 Å². The molecule has 34 heavy (non-hydrogen) atoms. The number of methoxy groups -OCH3 is 1. The van der Waals surface area contributed by atoms with Crippen molar-refractivity contribution in [2.75, 3.05) is 25.2 Å². The number of carbonyl (C=O) groups excluding carboxylic acids is 2. The van der Waals surface area contributed by atoms with Crippen molar-refractivity contribution in [1.82, 2.24) is 0 Å². The molecule has 0 bridgehead atoms. The van der Waals surface area contributed by atoms with Crippen LogP contribution in [0, 0.1) is 0 Å². The number of amides is 1. The summed E-state index contributed by atoms with van der Waals surface area (Å²) in [6, 6.07) is 12.3. The lowest BCUT2D eigenvalue weighted by Gasteiger charge is -2.24. The first-order chi connectivity index (χ1) is 16.4. The Morgan fingerprint density at radius 2 is 1.74 bits per heavy atom. The zero-order chi connectivity index (χ0) is 24.4. The van der Waals surface area contributed by atoms with Crippen molar-refractivity contribution >= 4 is 28.3 Å². The lowest BCUT2D eigenvalue weighted by Crippen LogP contribution is -2.30. The summed E-state index contributed by atoms with van der Waals surface area (Å²) in [6.07, 6.45) is 0.0668. The van der Waals surface area contributed by atoms with E-state index < -0.39 is 25.2 Å². The molecule has 9 heteroatoms. The summed E-state index contributed by atoms with van der Waals surface area (Å²) in [5.41, 5.74) is 1.30. The van der Waals surface area contributed by atoms with Gasteiger partial charge < -0.3 is 19.3 Å². The molecule has 1 atom stereocenters. The number of fused-ring (bicyclic) bond motifs is 2. The van der Waals surface area contributed by atoms with E-state index in [4.69, 9.17) is 14.2 Å². The number of alkyl halides is 2. The second-order valence-corrected chi connectivity index (χ2v) is 7.60. The second-order valence-electron chi connectivity index (χ2n) is 7.60. The number of rotatable bonds is 8. The van der Waals surface area contributed by atoms with Gasteiger partial charge in [0.1, 0.15) is 11.5 Å². The molecule has 0 fully saturated rings. The SMILES string of the molecule is CCOC(=O)Cc1ccc(N2C(=O)c3c(c(OC)c4ccccc4c3OC(F)F)C2CO)cc1. The highest BCUT2D eigenvalue weighted by molar-refractivity contribution is 6.17. The highest BCUT2D eigenvalue weighted by Gasteiger charge is 2.44. The van der Waals surface area contributed by atoms with E-state index in [1.54, 1.807) is 55.5 Å². The van der Waals surface area contributed by atoms with E-state index in [0.29, 0.717) is 27.8 Å². The van der Waals surface area contributed by atoms with Gasteiger partial charge in [0.05, 0.1) is 38.3 Å². The highest BCUT2D eigenvalue weighted by Crippen LogP contribution is 2.50. The molecule has 1 aliphatic heterocycles. The minimum absolute atomic E-state index is 0.0668. The van der Waals surface area contributed by atoms with Crippen molar-refractivity contribution in [3.8, 4) is 11.5 Å². The van der Waals surface area contributed by atoms with Crippen LogP contribution in [0.3, 0.4) is 0 Å². The average molecular weight is 471 g/mol. The third kappa shape index (κ3) is 4.03. The Balaban J connectivity index is 1.84. The fourth-order valence-corrected chi connectivity index (χ4v) is 4.37. The number of anilines is 1. The fraction of sp³-hybridized carbons (Fsp3) is 0.280. The van der Waals surface area contributed by atoms with E-state index in [2.05, 4.69) is 0 Å².